The van der Waals surface area contributed by atoms with Crippen LogP contribution in [0.3, 0.4) is 0 Å². The summed E-state index contributed by atoms with van der Waals surface area (Å²) in [5.74, 6) is -1.11. The van der Waals surface area contributed by atoms with Crippen molar-refractivity contribution in [3.8, 4) is 6.07 Å². The highest BCUT2D eigenvalue weighted by molar-refractivity contribution is 5.72. The van der Waals surface area contributed by atoms with Crippen molar-refractivity contribution in [2.75, 3.05) is 5.32 Å². The minimum atomic E-state index is -0.742. The zero-order valence-electron chi connectivity index (χ0n) is 10.8. The standard InChI is InChI=1S/C15H18N2O2/c16-10-11-6-4-5-8-13(11)17-14-9-3-1-2-7-12(14)15(18)19/h4-6,8,12,14,17H,1-3,7,9H2,(H,18,19). The van der Waals surface area contributed by atoms with Gasteiger partial charge in [0.05, 0.1) is 17.2 Å². The lowest BCUT2D eigenvalue weighted by Crippen LogP contribution is -2.33. The maximum atomic E-state index is 11.4. The summed E-state index contributed by atoms with van der Waals surface area (Å²) < 4.78 is 0. The molecule has 1 aliphatic rings. The molecule has 1 aliphatic carbocycles. The zero-order chi connectivity index (χ0) is 13.7. The Morgan fingerprint density at radius 1 is 1.26 bits per heavy atom. The molecule has 2 atom stereocenters. The van der Waals surface area contributed by atoms with Gasteiger partial charge in [0.1, 0.15) is 6.07 Å². The number of hydrogen-bond donors (Lipinski definition) is 2. The highest BCUT2D eigenvalue weighted by atomic mass is 16.4. The number of carbonyl (C=O) groups is 1. The largest absolute Gasteiger partial charge is 0.481 e. The number of carboxylic acids is 1. The molecule has 2 unspecified atom stereocenters. The van der Waals surface area contributed by atoms with Crippen LogP contribution in [0.2, 0.25) is 0 Å². The number of nitriles is 1. The van der Waals surface area contributed by atoms with Crippen molar-refractivity contribution in [1.82, 2.24) is 0 Å². The third kappa shape index (κ3) is 3.25. The molecule has 1 fully saturated rings. The van der Waals surface area contributed by atoms with Gasteiger partial charge in [-0.25, -0.2) is 0 Å². The molecule has 2 N–H and O–H groups in total. The van der Waals surface area contributed by atoms with E-state index in [1.807, 2.05) is 18.2 Å². The minimum absolute atomic E-state index is 0.0884. The van der Waals surface area contributed by atoms with Crippen LogP contribution in [-0.2, 0) is 4.79 Å². The van der Waals surface area contributed by atoms with Gasteiger partial charge in [-0.15, -0.1) is 0 Å². The summed E-state index contributed by atoms with van der Waals surface area (Å²) in [6.45, 7) is 0. The van der Waals surface area contributed by atoms with Crippen LogP contribution in [0.15, 0.2) is 24.3 Å². The Morgan fingerprint density at radius 2 is 2.00 bits per heavy atom. The van der Waals surface area contributed by atoms with Crippen molar-refractivity contribution in [1.29, 1.82) is 5.26 Å². The average Bonchev–Trinajstić information content (AvgIpc) is 2.65. The first kappa shape index (κ1) is 13.4. The van der Waals surface area contributed by atoms with Gasteiger partial charge in [-0.1, -0.05) is 31.4 Å². The van der Waals surface area contributed by atoms with Gasteiger partial charge in [0.2, 0.25) is 0 Å². The van der Waals surface area contributed by atoms with Crippen molar-refractivity contribution in [3.05, 3.63) is 29.8 Å². The highest BCUT2D eigenvalue weighted by Gasteiger charge is 2.29. The summed E-state index contributed by atoms with van der Waals surface area (Å²) in [5, 5.41) is 21.7. The molecule has 4 heteroatoms. The Kier molecular flexibility index (Phi) is 4.40. The smallest absolute Gasteiger partial charge is 0.308 e. The van der Waals surface area contributed by atoms with Crippen molar-refractivity contribution >= 4 is 11.7 Å². The first-order valence-corrected chi connectivity index (χ1v) is 6.71. The summed E-state index contributed by atoms with van der Waals surface area (Å²) in [5.41, 5.74) is 1.30. The molecule has 19 heavy (non-hydrogen) atoms. The number of benzene rings is 1. The van der Waals surface area contributed by atoms with Crippen LogP contribution in [0, 0.1) is 17.2 Å². The molecular formula is C15H18N2O2. The Labute approximate surface area is 113 Å². The van der Waals surface area contributed by atoms with E-state index in [9.17, 15) is 9.90 Å². The zero-order valence-corrected chi connectivity index (χ0v) is 10.8. The van der Waals surface area contributed by atoms with Crippen LogP contribution in [-0.4, -0.2) is 17.1 Å². The molecule has 0 radical (unpaired) electrons. The summed E-state index contributed by atoms with van der Waals surface area (Å²) in [7, 11) is 0. The Morgan fingerprint density at radius 3 is 2.74 bits per heavy atom. The molecule has 1 aromatic carbocycles. The van der Waals surface area contributed by atoms with E-state index in [4.69, 9.17) is 5.26 Å². The van der Waals surface area contributed by atoms with Crippen LogP contribution < -0.4 is 5.32 Å². The van der Waals surface area contributed by atoms with Gasteiger partial charge in [-0.2, -0.15) is 5.26 Å². The first-order valence-electron chi connectivity index (χ1n) is 6.71. The van der Waals surface area contributed by atoms with E-state index in [2.05, 4.69) is 11.4 Å². The van der Waals surface area contributed by atoms with Gasteiger partial charge in [-0.3, -0.25) is 4.79 Å². The Hall–Kier alpha value is -2.02. The van der Waals surface area contributed by atoms with E-state index >= 15 is 0 Å². The molecule has 4 nitrogen and oxygen atoms in total. The Bertz CT molecular complexity index is 493. The second kappa shape index (κ2) is 6.24. The summed E-state index contributed by atoms with van der Waals surface area (Å²) >= 11 is 0. The normalized spacial score (nSPS) is 23.1. The second-order valence-electron chi connectivity index (χ2n) is 4.99. The molecule has 100 valence electrons. The van der Waals surface area contributed by atoms with Gasteiger partial charge < -0.3 is 10.4 Å². The molecule has 0 saturated heterocycles. The van der Waals surface area contributed by atoms with E-state index in [0.717, 1.165) is 31.4 Å². The number of anilines is 1. The third-order valence-corrected chi connectivity index (χ3v) is 3.72. The lowest BCUT2D eigenvalue weighted by atomic mass is 9.94. The SMILES string of the molecule is N#Cc1ccccc1NC1CCCCCC1C(=O)O. The predicted octanol–water partition coefficient (Wildman–Crippen LogP) is 3.00. The van der Waals surface area contributed by atoms with Gasteiger partial charge in [0.25, 0.3) is 0 Å². The lowest BCUT2D eigenvalue weighted by molar-refractivity contribution is -0.142. The minimum Gasteiger partial charge on any atom is -0.481 e. The highest BCUT2D eigenvalue weighted by Crippen LogP contribution is 2.27. The number of nitrogens with zero attached hydrogens (tertiary/aromatic N) is 1. The van der Waals surface area contributed by atoms with Crippen LogP contribution >= 0.6 is 0 Å². The summed E-state index contributed by atoms with van der Waals surface area (Å²) in [6, 6.07) is 9.29. The molecule has 2 rings (SSSR count). The molecule has 0 aromatic heterocycles. The van der Waals surface area contributed by atoms with Crippen molar-refractivity contribution < 1.29 is 9.90 Å². The first-order chi connectivity index (χ1) is 9.22. The van der Waals surface area contributed by atoms with Crippen LogP contribution in [0.25, 0.3) is 0 Å². The van der Waals surface area contributed by atoms with E-state index in [1.54, 1.807) is 6.07 Å². The molecule has 0 spiro atoms. The van der Waals surface area contributed by atoms with Gasteiger partial charge >= 0.3 is 5.97 Å². The summed E-state index contributed by atoms with van der Waals surface area (Å²) in [4.78, 5) is 11.4. The van der Waals surface area contributed by atoms with E-state index in [0.29, 0.717) is 12.0 Å². The quantitative estimate of drug-likeness (QED) is 0.817. The van der Waals surface area contributed by atoms with E-state index in [1.165, 1.54) is 0 Å². The molecule has 0 aliphatic heterocycles. The van der Waals surface area contributed by atoms with Gasteiger partial charge in [-0.05, 0) is 25.0 Å². The average molecular weight is 258 g/mol. The fourth-order valence-electron chi connectivity index (χ4n) is 2.68. The number of hydrogen-bond acceptors (Lipinski definition) is 3. The third-order valence-electron chi connectivity index (χ3n) is 3.72. The lowest BCUT2D eigenvalue weighted by Gasteiger charge is -2.24. The van der Waals surface area contributed by atoms with Gasteiger partial charge in [0.15, 0.2) is 0 Å². The molecule has 1 saturated carbocycles. The molecule has 0 amide bonds. The number of para-hydroxylation sites is 1. The molecule has 0 heterocycles. The maximum Gasteiger partial charge on any atom is 0.308 e. The van der Waals surface area contributed by atoms with Crippen LogP contribution in [0.5, 0.6) is 0 Å². The number of rotatable bonds is 3. The van der Waals surface area contributed by atoms with E-state index < -0.39 is 5.97 Å². The monoisotopic (exact) mass is 258 g/mol. The van der Waals surface area contributed by atoms with Gasteiger partial charge in [0, 0.05) is 6.04 Å². The Balaban J connectivity index is 2.19. The molecular weight excluding hydrogens is 240 g/mol. The van der Waals surface area contributed by atoms with E-state index in [-0.39, 0.29) is 12.0 Å². The van der Waals surface area contributed by atoms with Crippen molar-refractivity contribution in [2.45, 2.75) is 38.1 Å². The fourth-order valence-corrected chi connectivity index (χ4v) is 2.68. The van der Waals surface area contributed by atoms with Crippen LogP contribution in [0.4, 0.5) is 5.69 Å². The number of carboxylic acid groups (broad SMARTS) is 1. The molecule has 0 bridgehead atoms. The summed E-state index contributed by atoms with van der Waals surface area (Å²) in [6.07, 6.45) is 4.64. The van der Waals surface area contributed by atoms with Crippen LogP contribution in [0.1, 0.15) is 37.7 Å². The maximum absolute atomic E-state index is 11.4. The fraction of sp³-hybridized carbons (Fsp3) is 0.467. The van der Waals surface area contributed by atoms with Crippen molar-refractivity contribution in [2.24, 2.45) is 5.92 Å². The number of aliphatic carboxylic acids is 1. The number of nitrogens with one attached hydrogen (secondary N) is 1. The second-order valence-corrected chi connectivity index (χ2v) is 4.99. The van der Waals surface area contributed by atoms with Crippen molar-refractivity contribution in [3.63, 3.8) is 0 Å². The topological polar surface area (TPSA) is 73.1 Å². The predicted molar refractivity (Wildman–Crippen MR) is 72.8 cm³/mol. The molecule has 1 aromatic rings.